The summed E-state index contributed by atoms with van der Waals surface area (Å²) < 4.78 is 45.9. The van der Waals surface area contributed by atoms with E-state index in [0.29, 0.717) is 0 Å². The summed E-state index contributed by atoms with van der Waals surface area (Å²) >= 11 is 0. The van der Waals surface area contributed by atoms with Crippen molar-refractivity contribution in [3.8, 4) is 0 Å². The van der Waals surface area contributed by atoms with Crippen molar-refractivity contribution >= 4 is 5.91 Å². The highest BCUT2D eigenvalue weighted by atomic mass is 19.4. The third kappa shape index (κ3) is 3.75. The summed E-state index contributed by atoms with van der Waals surface area (Å²) in [7, 11) is 0. The van der Waals surface area contributed by atoms with Crippen molar-refractivity contribution in [2.24, 2.45) is 0 Å². The third-order valence-corrected chi connectivity index (χ3v) is 3.23. The van der Waals surface area contributed by atoms with E-state index in [1.54, 1.807) is 12.3 Å². The number of aryl methyl sites for hydroxylation is 1. The first kappa shape index (κ1) is 14.9. The number of rotatable bonds is 4. The van der Waals surface area contributed by atoms with E-state index in [4.69, 9.17) is 4.42 Å². The standard InChI is InChI=1S/C13H16F3NO3/c1-8(20-7-13(14,15)16)12(18)17-10-3-2-4-11-9(10)5-6-19-11/h5-6,8,10H,2-4,7H2,1H3,(H,17,18)/t8-,10-/m1/s1. The number of carbonyl (C=O) groups is 1. The lowest BCUT2D eigenvalue weighted by Gasteiger charge is -2.24. The summed E-state index contributed by atoms with van der Waals surface area (Å²) in [6.45, 7) is -0.122. The van der Waals surface area contributed by atoms with Crippen LogP contribution in [-0.4, -0.2) is 24.8 Å². The topological polar surface area (TPSA) is 51.5 Å². The second-order valence-electron chi connectivity index (χ2n) is 4.82. The van der Waals surface area contributed by atoms with Crippen LogP contribution in [0, 0.1) is 0 Å². The molecule has 1 amide bonds. The quantitative estimate of drug-likeness (QED) is 0.928. The van der Waals surface area contributed by atoms with Crippen molar-refractivity contribution in [2.45, 2.75) is 44.5 Å². The number of halogens is 3. The van der Waals surface area contributed by atoms with Gasteiger partial charge in [-0.3, -0.25) is 4.79 Å². The van der Waals surface area contributed by atoms with Crippen LogP contribution in [0.15, 0.2) is 16.7 Å². The molecule has 20 heavy (non-hydrogen) atoms. The minimum absolute atomic E-state index is 0.220. The second kappa shape index (κ2) is 5.87. The van der Waals surface area contributed by atoms with E-state index in [0.717, 1.165) is 30.6 Å². The van der Waals surface area contributed by atoms with Gasteiger partial charge >= 0.3 is 6.18 Å². The Bertz CT molecular complexity index is 470. The Balaban J connectivity index is 1.89. The van der Waals surface area contributed by atoms with Crippen molar-refractivity contribution in [2.75, 3.05) is 6.61 Å². The van der Waals surface area contributed by atoms with Gasteiger partial charge in [-0.1, -0.05) is 0 Å². The van der Waals surface area contributed by atoms with Crippen LogP contribution in [0.4, 0.5) is 13.2 Å². The monoisotopic (exact) mass is 291 g/mol. The van der Waals surface area contributed by atoms with Gasteiger partial charge in [0.25, 0.3) is 0 Å². The van der Waals surface area contributed by atoms with E-state index in [9.17, 15) is 18.0 Å². The molecule has 2 rings (SSSR count). The zero-order valence-electron chi connectivity index (χ0n) is 11.0. The molecule has 0 fully saturated rings. The Kier molecular flexibility index (Phi) is 4.37. The van der Waals surface area contributed by atoms with E-state index < -0.39 is 24.8 Å². The van der Waals surface area contributed by atoms with Crippen LogP contribution >= 0.6 is 0 Å². The molecule has 0 radical (unpaired) electrons. The van der Waals surface area contributed by atoms with Gasteiger partial charge in [0.2, 0.25) is 5.91 Å². The number of fused-ring (bicyclic) bond motifs is 1. The summed E-state index contributed by atoms with van der Waals surface area (Å²) in [5, 5.41) is 2.71. The summed E-state index contributed by atoms with van der Waals surface area (Å²) in [6.07, 6.45) is -1.60. The predicted octanol–water partition coefficient (Wildman–Crippen LogP) is 2.74. The van der Waals surface area contributed by atoms with Crippen LogP contribution in [0.5, 0.6) is 0 Å². The van der Waals surface area contributed by atoms with Crippen LogP contribution in [0.2, 0.25) is 0 Å². The van der Waals surface area contributed by atoms with Crippen LogP contribution < -0.4 is 5.32 Å². The SMILES string of the molecule is C[C@@H](OCC(F)(F)F)C(=O)N[C@@H]1CCCc2occc21. The van der Waals surface area contributed by atoms with Crippen LogP contribution in [0.1, 0.15) is 37.1 Å². The van der Waals surface area contributed by atoms with Crippen LogP contribution in [0.3, 0.4) is 0 Å². The molecule has 0 saturated carbocycles. The van der Waals surface area contributed by atoms with Crippen LogP contribution in [-0.2, 0) is 16.0 Å². The Labute approximate surface area is 114 Å². The number of nitrogens with one attached hydrogen (secondary N) is 1. The molecule has 1 aromatic heterocycles. The summed E-state index contributed by atoms with van der Waals surface area (Å²) in [4.78, 5) is 11.8. The number of carbonyl (C=O) groups excluding carboxylic acids is 1. The Morgan fingerprint density at radius 1 is 1.60 bits per heavy atom. The fourth-order valence-corrected chi connectivity index (χ4v) is 2.22. The normalized spacial score (nSPS) is 20.3. The third-order valence-electron chi connectivity index (χ3n) is 3.23. The lowest BCUT2D eigenvalue weighted by Crippen LogP contribution is -2.39. The van der Waals surface area contributed by atoms with Crippen molar-refractivity contribution in [3.63, 3.8) is 0 Å². The smallest absolute Gasteiger partial charge is 0.411 e. The molecule has 2 atom stereocenters. The fraction of sp³-hybridized carbons (Fsp3) is 0.615. The number of amides is 1. The molecule has 0 spiro atoms. The first-order chi connectivity index (χ1) is 9.37. The number of furan rings is 1. The number of ether oxygens (including phenoxy) is 1. The first-order valence-electron chi connectivity index (χ1n) is 6.42. The predicted molar refractivity (Wildman–Crippen MR) is 64.0 cm³/mol. The van der Waals surface area contributed by atoms with E-state index >= 15 is 0 Å². The molecule has 4 nitrogen and oxygen atoms in total. The highest BCUT2D eigenvalue weighted by Gasteiger charge is 2.31. The molecular weight excluding hydrogens is 275 g/mol. The van der Waals surface area contributed by atoms with Gasteiger partial charge in [0.05, 0.1) is 12.3 Å². The van der Waals surface area contributed by atoms with E-state index in [2.05, 4.69) is 10.1 Å². The zero-order valence-corrected chi connectivity index (χ0v) is 11.0. The summed E-state index contributed by atoms with van der Waals surface area (Å²) in [5.41, 5.74) is 0.896. The van der Waals surface area contributed by atoms with Crippen LogP contribution in [0.25, 0.3) is 0 Å². The Morgan fingerprint density at radius 2 is 2.35 bits per heavy atom. The highest BCUT2D eigenvalue weighted by molar-refractivity contribution is 5.80. The molecule has 0 aliphatic heterocycles. The molecule has 0 saturated heterocycles. The van der Waals surface area contributed by atoms with Gasteiger partial charge in [-0.05, 0) is 25.8 Å². The van der Waals surface area contributed by atoms with Gasteiger partial charge in [0, 0.05) is 12.0 Å². The summed E-state index contributed by atoms with van der Waals surface area (Å²) in [6, 6.07) is 1.56. The molecule has 0 aromatic carbocycles. The maximum absolute atomic E-state index is 12.0. The average molecular weight is 291 g/mol. The van der Waals surface area contributed by atoms with E-state index in [1.165, 1.54) is 6.92 Å². The molecule has 1 aliphatic carbocycles. The molecule has 1 heterocycles. The van der Waals surface area contributed by atoms with Crippen molar-refractivity contribution in [3.05, 3.63) is 23.7 Å². The minimum Gasteiger partial charge on any atom is -0.469 e. The molecule has 112 valence electrons. The van der Waals surface area contributed by atoms with Crippen molar-refractivity contribution in [1.29, 1.82) is 0 Å². The van der Waals surface area contributed by atoms with Gasteiger partial charge in [-0.15, -0.1) is 0 Å². The van der Waals surface area contributed by atoms with Gasteiger partial charge in [0.15, 0.2) is 0 Å². The zero-order chi connectivity index (χ0) is 14.8. The van der Waals surface area contributed by atoms with E-state index in [-0.39, 0.29) is 6.04 Å². The molecule has 7 heteroatoms. The lowest BCUT2D eigenvalue weighted by molar-refractivity contribution is -0.185. The van der Waals surface area contributed by atoms with Gasteiger partial charge in [-0.2, -0.15) is 13.2 Å². The van der Waals surface area contributed by atoms with Gasteiger partial charge < -0.3 is 14.5 Å². The summed E-state index contributed by atoms with van der Waals surface area (Å²) in [5.74, 6) is 0.277. The van der Waals surface area contributed by atoms with Crippen molar-refractivity contribution < 1.29 is 27.1 Å². The maximum atomic E-state index is 12.0. The largest absolute Gasteiger partial charge is 0.469 e. The Morgan fingerprint density at radius 3 is 3.05 bits per heavy atom. The second-order valence-corrected chi connectivity index (χ2v) is 4.82. The minimum atomic E-state index is -4.43. The molecule has 1 aliphatic rings. The number of hydrogen-bond donors (Lipinski definition) is 1. The lowest BCUT2D eigenvalue weighted by atomic mass is 9.93. The molecule has 0 bridgehead atoms. The number of hydrogen-bond acceptors (Lipinski definition) is 3. The first-order valence-corrected chi connectivity index (χ1v) is 6.42. The fourth-order valence-electron chi connectivity index (χ4n) is 2.22. The van der Waals surface area contributed by atoms with Crippen molar-refractivity contribution in [1.82, 2.24) is 5.32 Å². The van der Waals surface area contributed by atoms with Gasteiger partial charge in [0.1, 0.15) is 18.5 Å². The Hall–Kier alpha value is -1.50. The average Bonchev–Trinajstić information content (AvgIpc) is 2.84. The molecular formula is C13H16F3NO3. The molecule has 1 N–H and O–H groups in total. The highest BCUT2D eigenvalue weighted by Crippen LogP contribution is 2.30. The molecule has 0 unspecified atom stereocenters. The number of alkyl halides is 3. The molecule has 1 aromatic rings. The van der Waals surface area contributed by atoms with E-state index in [1.807, 2.05) is 0 Å². The maximum Gasteiger partial charge on any atom is 0.411 e. The van der Waals surface area contributed by atoms with Gasteiger partial charge in [-0.25, -0.2) is 0 Å².